The molecule has 0 unspecified atom stereocenters. The molecule has 0 aliphatic rings. The van der Waals surface area contributed by atoms with Crippen molar-refractivity contribution in [2.45, 2.75) is 13.8 Å². The molecule has 0 radical (unpaired) electrons. The first-order chi connectivity index (χ1) is 11.5. The number of carboxylic acid groups (broad SMARTS) is 1. The van der Waals surface area contributed by atoms with Crippen LogP contribution < -0.4 is 10.2 Å². The average molecular weight is 330 g/mol. The highest BCUT2D eigenvalue weighted by molar-refractivity contribution is 6.05. The standard InChI is InChI=1S/C18H19FN2O3/c1-3-21(4-2)16-10-9-14(11-15(16)18(23)24)20-17(22)12-5-7-13(19)8-6-12/h5-11H,3-4H2,1-2H3,(H,20,22)(H,23,24). The van der Waals surface area contributed by atoms with Gasteiger partial charge in [0.1, 0.15) is 5.82 Å². The average Bonchev–Trinajstić information content (AvgIpc) is 2.57. The number of halogens is 1. The zero-order valence-electron chi connectivity index (χ0n) is 13.5. The van der Waals surface area contributed by atoms with Gasteiger partial charge in [0.15, 0.2) is 0 Å². The van der Waals surface area contributed by atoms with Crippen LogP contribution in [0.5, 0.6) is 0 Å². The molecule has 2 N–H and O–H groups in total. The molecule has 24 heavy (non-hydrogen) atoms. The minimum Gasteiger partial charge on any atom is -0.478 e. The van der Waals surface area contributed by atoms with Crippen molar-refractivity contribution in [2.24, 2.45) is 0 Å². The zero-order chi connectivity index (χ0) is 17.7. The number of hydrogen-bond acceptors (Lipinski definition) is 3. The van der Waals surface area contributed by atoms with E-state index in [4.69, 9.17) is 0 Å². The summed E-state index contributed by atoms with van der Waals surface area (Å²) in [6.45, 7) is 5.24. The van der Waals surface area contributed by atoms with E-state index >= 15 is 0 Å². The van der Waals surface area contributed by atoms with Gasteiger partial charge >= 0.3 is 5.97 Å². The van der Waals surface area contributed by atoms with Crippen LogP contribution in [0.2, 0.25) is 0 Å². The second kappa shape index (κ2) is 7.59. The van der Waals surface area contributed by atoms with Gasteiger partial charge < -0.3 is 15.3 Å². The fourth-order valence-electron chi connectivity index (χ4n) is 2.43. The Kier molecular flexibility index (Phi) is 5.52. The fraction of sp³-hybridized carbons (Fsp3) is 0.222. The third-order valence-electron chi connectivity index (χ3n) is 3.70. The van der Waals surface area contributed by atoms with Gasteiger partial charge in [-0.15, -0.1) is 0 Å². The summed E-state index contributed by atoms with van der Waals surface area (Å²) in [5.41, 5.74) is 1.39. The zero-order valence-corrected chi connectivity index (χ0v) is 13.5. The van der Waals surface area contributed by atoms with E-state index in [0.29, 0.717) is 30.0 Å². The van der Waals surface area contributed by atoms with Crippen LogP contribution in [0.1, 0.15) is 34.6 Å². The van der Waals surface area contributed by atoms with Crippen LogP contribution in [-0.4, -0.2) is 30.1 Å². The molecule has 0 aliphatic carbocycles. The molecule has 0 atom stereocenters. The Balaban J connectivity index is 2.28. The topological polar surface area (TPSA) is 69.6 Å². The van der Waals surface area contributed by atoms with Crippen molar-refractivity contribution in [3.63, 3.8) is 0 Å². The molecule has 0 fully saturated rings. The molecule has 0 saturated carbocycles. The first-order valence-corrected chi connectivity index (χ1v) is 7.65. The molecule has 0 spiro atoms. The Morgan fingerprint density at radius 2 is 1.71 bits per heavy atom. The summed E-state index contributed by atoms with van der Waals surface area (Å²) in [6.07, 6.45) is 0. The normalized spacial score (nSPS) is 10.3. The fourth-order valence-corrected chi connectivity index (χ4v) is 2.43. The number of benzene rings is 2. The van der Waals surface area contributed by atoms with Crippen LogP contribution in [0, 0.1) is 5.82 Å². The number of rotatable bonds is 6. The summed E-state index contributed by atoms with van der Waals surface area (Å²) in [5.74, 6) is -1.92. The minimum absolute atomic E-state index is 0.121. The summed E-state index contributed by atoms with van der Waals surface area (Å²) < 4.78 is 12.9. The predicted molar refractivity (Wildman–Crippen MR) is 91.3 cm³/mol. The lowest BCUT2D eigenvalue weighted by Crippen LogP contribution is -2.24. The van der Waals surface area contributed by atoms with Gasteiger partial charge in [-0.25, -0.2) is 9.18 Å². The number of nitrogens with zero attached hydrogens (tertiary/aromatic N) is 1. The van der Waals surface area contributed by atoms with E-state index in [-0.39, 0.29) is 5.56 Å². The van der Waals surface area contributed by atoms with Crippen LogP contribution in [0.15, 0.2) is 42.5 Å². The third-order valence-corrected chi connectivity index (χ3v) is 3.70. The molecule has 0 aliphatic heterocycles. The number of carbonyl (C=O) groups excluding carboxylic acids is 1. The van der Waals surface area contributed by atoms with E-state index in [1.807, 2.05) is 18.7 Å². The SMILES string of the molecule is CCN(CC)c1ccc(NC(=O)c2ccc(F)cc2)cc1C(=O)O. The van der Waals surface area contributed by atoms with E-state index in [2.05, 4.69) is 5.32 Å². The third kappa shape index (κ3) is 3.90. The van der Waals surface area contributed by atoms with Gasteiger partial charge in [0.25, 0.3) is 5.91 Å². The van der Waals surface area contributed by atoms with Crippen molar-refractivity contribution in [3.05, 3.63) is 59.4 Å². The second-order valence-electron chi connectivity index (χ2n) is 5.17. The Morgan fingerprint density at radius 1 is 1.08 bits per heavy atom. The summed E-state index contributed by atoms with van der Waals surface area (Å²) in [6, 6.07) is 9.89. The van der Waals surface area contributed by atoms with Gasteiger partial charge in [-0.2, -0.15) is 0 Å². The van der Waals surface area contributed by atoms with Crippen LogP contribution in [0.4, 0.5) is 15.8 Å². The van der Waals surface area contributed by atoms with Crippen LogP contribution in [-0.2, 0) is 0 Å². The number of amides is 1. The maximum Gasteiger partial charge on any atom is 0.337 e. The number of nitrogens with one attached hydrogen (secondary N) is 1. The Bertz CT molecular complexity index is 740. The summed E-state index contributed by atoms with van der Waals surface area (Å²) >= 11 is 0. The molecular weight excluding hydrogens is 311 g/mol. The molecular formula is C18H19FN2O3. The smallest absolute Gasteiger partial charge is 0.337 e. The molecule has 5 nitrogen and oxygen atoms in total. The van der Waals surface area contributed by atoms with Gasteiger partial charge in [-0.1, -0.05) is 0 Å². The molecule has 6 heteroatoms. The monoisotopic (exact) mass is 330 g/mol. The van der Waals surface area contributed by atoms with E-state index in [1.165, 1.54) is 30.3 Å². The lowest BCUT2D eigenvalue weighted by molar-refractivity contribution is 0.0697. The molecule has 126 valence electrons. The quantitative estimate of drug-likeness (QED) is 0.849. The Hall–Kier alpha value is -2.89. The lowest BCUT2D eigenvalue weighted by atomic mass is 10.1. The van der Waals surface area contributed by atoms with Gasteiger partial charge in [-0.05, 0) is 56.3 Å². The maximum absolute atomic E-state index is 12.9. The van der Waals surface area contributed by atoms with E-state index in [9.17, 15) is 19.1 Å². The molecule has 0 heterocycles. The molecule has 0 bridgehead atoms. The van der Waals surface area contributed by atoms with Gasteiger partial charge in [-0.3, -0.25) is 4.79 Å². The van der Waals surface area contributed by atoms with Crippen molar-refractivity contribution in [1.82, 2.24) is 0 Å². The predicted octanol–water partition coefficient (Wildman–Crippen LogP) is 3.62. The molecule has 2 aromatic rings. The molecule has 2 aromatic carbocycles. The summed E-state index contributed by atoms with van der Waals surface area (Å²) in [4.78, 5) is 25.6. The van der Waals surface area contributed by atoms with Crippen molar-refractivity contribution >= 4 is 23.3 Å². The Morgan fingerprint density at radius 3 is 2.25 bits per heavy atom. The van der Waals surface area contributed by atoms with Crippen LogP contribution >= 0.6 is 0 Å². The van der Waals surface area contributed by atoms with Gasteiger partial charge in [0.05, 0.1) is 11.3 Å². The highest BCUT2D eigenvalue weighted by Gasteiger charge is 2.16. The summed E-state index contributed by atoms with van der Waals surface area (Å²) in [7, 11) is 0. The molecule has 0 aromatic heterocycles. The lowest BCUT2D eigenvalue weighted by Gasteiger charge is -2.23. The molecule has 1 amide bonds. The minimum atomic E-state index is -1.06. The van der Waals surface area contributed by atoms with Crippen molar-refractivity contribution in [2.75, 3.05) is 23.3 Å². The first-order valence-electron chi connectivity index (χ1n) is 7.65. The summed E-state index contributed by atoms with van der Waals surface area (Å²) in [5, 5.41) is 12.1. The number of hydrogen-bond donors (Lipinski definition) is 2. The second-order valence-corrected chi connectivity index (χ2v) is 5.17. The van der Waals surface area contributed by atoms with Crippen LogP contribution in [0.3, 0.4) is 0 Å². The number of carboxylic acids is 1. The van der Waals surface area contributed by atoms with E-state index in [0.717, 1.165) is 0 Å². The number of anilines is 2. The Labute approximate surface area is 139 Å². The van der Waals surface area contributed by atoms with Gasteiger partial charge in [0, 0.05) is 24.3 Å². The van der Waals surface area contributed by atoms with E-state index < -0.39 is 17.7 Å². The highest BCUT2D eigenvalue weighted by atomic mass is 19.1. The van der Waals surface area contributed by atoms with Crippen LogP contribution in [0.25, 0.3) is 0 Å². The highest BCUT2D eigenvalue weighted by Crippen LogP contribution is 2.25. The largest absolute Gasteiger partial charge is 0.478 e. The van der Waals surface area contributed by atoms with Crippen molar-refractivity contribution in [3.8, 4) is 0 Å². The maximum atomic E-state index is 12.9. The van der Waals surface area contributed by atoms with Gasteiger partial charge in [0.2, 0.25) is 0 Å². The first kappa shape index (κ1) is 17.5. The number of aromatic carboxylic acids is 1. The van der Waals surface area contributed by atoms with Crippen molar-refractivity contribution < 1.29 is 19.1 Å². The molecule has 0 saturated heterocycles. The van der Waals surface area contributed by atoms with Crippen molar-refractivity contribution in [1.29, 1.82) is 0 Å². The number of carbonyl (C=O) groups is 2. The van der Waals surface area contributed by atoms with E-state index in [1.54, 1.807) is 12.1 Å². The molecule has 2 rings (SSSR count).